The number of rotatable bonds is 2. The molecule has 1 fully saturated rings. The van der Waals surface area contributed by atoms with Crippen LogP contribution in [0.2, 0.25) is 0 Å². The molecule has 19 heavy (non-hydrogen) atoms. The lowest BCUT2D eigenvalue weighted by Gasteiger charge is -2.26. The van der Waals surface area contributed by atoms with Gasteiger partial charge < -0.3 is 11.1 Å². The molecule has 5 heteroatoms. The lowest BCUT2D eigenvalue weighted by Crippen LogP contribution is -2.47. The SMILES string of the molecule is NCC#Cc1cc(F)cc(CN2CCNC(=O)C2)c1. The van der Waals surface area contributed by atoms with Gasteiger partial charge in [-0.2, -0.15) is 0 Å². The van der Waals surface area contributed by atoms with Gasteiger partial charge in [0.15, 0.2) is 0 Å². The highest BCUT2D eigenvalue weighted by atomic mass is 19.1. The molecule has 3 N–H and O–H groups in total. The summed E-state index contributed by atoms with van der Waals surface area (Å²) in [5.74, 6) is 5.21. The summed E-state index contributed by atoms with van der Waals surface area (Å²) in [6.07, 6.45) is 0. The van der Waals surface area contributed by atoms with Crippen LogP contribution in [0.3, 0.4) is 0 Å². The van der Waals surface area contributed by atoms with Gasteiger partial charge in [0.1, 0.15) is 5.82 Å². The van der Waals surface area contributed by atoms with E-state index in [-0.39, 0.29) is 18.3 Å². The van der Waals surface area contributed by atoms with Gasteiger partial charge in [-0.15, -0.1) is 0 Å². The Balaban J connectivity index is 2.11. The van der Waals surface area contributed by atoms with Gasteiger partial charge in [-0.1, -0.05) is 11.8 Å². The maximum atomic E-state index is 13.5. The first kappa shape index (κ1) is 13.5. The molecule has 0 aliphatic carbocycles. The van der Waals surface area contributed by atoms with E-state index in [9.17, 15) is 9.18 Å². The topological polar surface area (TPSA) is 58.4 Å². The van der Waals surface area contributed by atoms with E-state index < -0.39 is 0 Å². The van der Waals surface area contributed by atoms with Crippen LogP contribution in [0.5, 0.6) is 0 Å². The highest BCUT2D eigenvalue weighted by Gasteiger charge is 2.16. The Morgan fingerprint density at radius 1 is 1.42 bits per heavy atom. The lowest BCUT2D eigenvalue weighted by molar-refractivity contribution is -0.124. The van der Waals surface area contributed by atoms with Gasteiger partial charge in [0, 0.05) is 25.2 Å². The van der Waals surface area contributed by atoms with Crippen molar-refractivity contribution in [2.45, 2.75) is 6.54 Å². The molecular formula is C14H16FN3O. The molecule has 0 spiro atoms. The van der Waals surface area contributed by atoms with Crippen LogP contribution in [0, 0.1) is 17.7 Å². The van der Waals surface area contributed by atoms with Crippen molar-refractivity contribution in [3.05, 3.63) is 35.1 Å². The molecule has 1 aliphatic rings. The Hall–Kier alpha value is -1.90. The number of nitrogens with one attached hydrogen (secondary N) is 1. The van der Waals surface area contributed by atoms with Gasteiger partial charge in [0.25, 0.3) is 0 Å². The Bertz CT molecular complexity index is 533. The summed E-state index contributed by atoms with van der Waals surface area (Å²) >= 11 is 0. The summed E-state index contributed by atoms with van der Waals surface area (Å²) < 4.78 is 13.5. The van der Waals surface area contributed by atoms with E-state index in [2.05, 4.69) is 17.2 Å². The average Bonchev–Trinajstić information content (AvgIpc) is 2.35. The fourth-order valence-electron chi connectivity index (χ4n) is 2.05. The number of hydrogen-bond acceptors (Lipinski definition) is 3. The van der Waals surface area contributed by atoms with Gasteiger partial charge in [-0.05, 0) is 23.8 Å². The molecule has 0 saturated carbocycles. The molecule has 1 aromatic carbocycles. The van der Waals surface area contributed by atoms with Crippen LogP contribution in [0.25, 0.3) is 0 Å². The van der Waals surface area contributed by atoms with E-state index in [0.29, 0.717) is 25.2 Å². The Labute approximate surface area is 111 Å². The summed E-state index contributed by atoms with van der Waals surface area (Å²) in [4.78, 5) is 13.3. The van der Waals surface area contributed by atoms with E-state index in [4.69, 9.17) is 5.73 Å². The molecular weight excluding hydrogens is 245 g/mol. The number of carbonyl (C=O) groups is 1. The van der Waals surface area contributed by atoms with E-state index in [1.54, 1.807) is 0 Å². The van der Waals surface area contributed by atoms with Gasteiger partial charge in [0.2, 0.25) is 5.91 Å². The molecule has 1 amide bonds. The van der Waals surface area contributed by atoms with Gasteiger partial charge >= 0.3 is 0 Å². The third-order valence-corrected chi connectivity index (χ3v) is 2.82. The Morgan fingerprint density at radius 2 is 2.26 bits per heavy atom. The zero-order valence-electron chi connectivity index (χ0n) is 10.6. The molecule has 1 heterocycles. The van der Waals surface area contributed by atoms with Crippen molar-refractivity contribution in [1.29, 1.82) is 0 Å². The van der Waals surface area contributed by atoms with E-state index >= 15 is 0 Å². The molecule has 0 bridgehead atoms. The number of halogens is 1. The van der Waals surface area contributed by atoms with Crippen molar-refractivity contribution < 1.29 is 9.18 Å². The van der Waals surface area contributed by atoms with Crippen LogP contribution in [0.15, 0.2) is 18.2 Å². The van der Waals surface area contributed by atoms with E-state index in [1.807, 2.05) is 11.0 Å². The third kappa shape index (κ3) is 4.05. The number of carbonyl (C=O) groups excluding carboxylic acids is 1. The van der Waals surface area contributed by atoms with Crippen molar-refractivity contribution >= 4 is 5.91 Å². The van der Waals surface area contributed by atoms with Gasteiger partial charge in [-0.25, -0.2) is 4.39 Å². The smallest absolute Gasteiger partial charge is 0.234 e. The zero-order chi connectivity index (χ0) is 13.7. The molecule has 2 rings (SSSR count). The number of hydrogen-bond donors (Lipinski definition) is 2. The molecule has 4 nitrogen and oxygen atoms in total. The normalized spacial score (nSPS) is 15.6. The van der Waals surface area contributed by atoms with Crippen molar-refractivity contribution in [3.8, 4) is 11.8 Å². The second-order valence-corrected chi connectivity index (χ2v) is 4.41. The summed E-state index contributed by atoms with van der Waals surface area (Å²) in [6.45, 7) is 2.54. The maximum absolute atomic E-state index is 13.5. The average molecular weight is 261 g/mol. The predicted molar refractivity (Wildman–Crippen MR) is 70.6 cm³/mol. The van der Waals surface area contributed by atoms with Crippen LogP contribution in [0.4, 0.5) is 4.39 Å². The fourth-order valence-corrected chi connectivity index (χ4v) is 2.05. The molecule has 0 atom stereocenters. The number of amides is 1. The highest BCUT2D eigenvalue weighted by Crippen LogP contribution is 2.11. The van der Waals surface area contributed by atoms with Gasteiger partial charge in [-0.3, -0.25) is 9.69 Å². The molecule has 1 aliphatic heterocycles. The Kier molecular flexibility index (Phi) is 4.50. The monoisotopic (exact) mass is 261 g/mol. The zero-order valence-corrected chi connectivity index (χ0v) is 10.6. The minimum Gasteiger partial charge on any atom is -0.354 e. The molecule has 0 aromatic heterocycles. The van der Waals surface area contributed by atoms with Crippen LogP contribution in [-0.4, -0.2) is 37.0 Å². The van der Waals surface area contributed by atoms with Crippen LogP contribution >= 0.6 is 0 Å². The molecule has 0 unspecified atom stereocenters. The predicted octanol–water partition coefficient (Wildman–Crippen LogP) is 0.0677. The lowest BCUT2D eigenvalue weighted by atomic mass is 10.1. The Morgan fingerprint density at radius 3 is 3.00 bits per heavy atom. The molecule has 1 saturated heterocycles. The standard InChI is InChI=1S/C14H16FN3O/c15-13-7-11(2-1-3-16)6-12(8-13)9-18-5-4-17-14(19)10-18/h6-8H,3-5,9-10,16H2,(H,17,19). The van der Waals surface area contributed by atoms with Crippen LogP contribution in [-0.2, 0) is 11.3 Å². The van der Waals surface area contributed by atoms with Gasteiger partial charge in [0.05, 0.1) is 13.1 Å². The van der Waals surface area contributed by atoms with E-state index in [1.165, 1.54) is 12.1 Å². The van der Waals surface area contributed by atoms with E-state index in [0.717, 1.165) is 12.1 Å². The second-order valence-electron chi connectivity index (χ2n) is 4.41. The van der Waals surface area contributed by atoms with Crippen LogP contribution < -0.4 is 11.1 Å². The maximum Gasteiger partial charge on any atom is 0.234 e. The molecule has 100 valence electrons. The first-order valence-corrected chi connectivity index (χ1v) is 6.15. The quantitative estimate of drug-likeness (QED) is 0.741. The number of nitrogens with two attached hydrogens (primary N) is 1. The van der Waals surface area contributed by atoms with Crippen molar-refractivity contribution in [2.75, 3.05) is 26.2 Å². The summed E-state index contributed by atoms with van der Waals surface area (Å²) in [6, 6.07) is 4.69. The number of piperazine rings is 1. The first-order valence-electron chi connectivity index (χ1n) is 6.15. The first-order chi connectivity index (χ1) is 9.17. The second kappa shape index (κ2) is 6.32. The summed E-state index contributed by atoms with van der Waals surface area (Å²) in [5.41, 5.74) is 6.73. The summed E-state index contributed by atoms with van der Waals surface area (Å²) in [5, 5.41) is 2.76. The fraction of sp³-hybridized carbons (Fsp3) is 0.357. The van der Waals surface area contributed by atoms with Crippen molar-refractivity contribution in [3.63, 3.8) is 0 Å². The number of nitrogens with zero attached hydrogens (tertiary/aromatic N) is 1. The van der Waals surface area contributed by atoms with Crippen molar-refractivity contribution in [1.82, 2.24) is 10.2 Å². The van der Waals surface area contributed by atoms with Crippen LogP contribution in [0.1, 0.15) is 11.1 Å². The third-order valence-electron chi connectivity index (χ3n) is 2.82. The molecule has 1 aromatic rings. The minimum absolute atomic E-state index is 0.00537. The largest absolute Gasteiger partial charge is 0.354 e. The minimum atomic E-state index is -0.319. The highest BCUT2D eigenvalue weighted by molar-refractivity contribution is 5.78. The van der Waals surface area contributed by atoms with Crippen molar-refractivity contribution in [2.24, 2.45) is 5.73 Å². The summed E-state index contributed by atoms with van der Waals surface area (Å²) in [7, 11) is 0. The number of benzene rings is 1. The molecule has 0 radical (unpaired) electrons.